The van der Waals surface area contributed by atoms with Crippen molar-refractivity contribution in [1.82, 2.24) is 5.32 Å². The highest BCUT2D eigenvalue weighted by atomic mass is 32.1. The van der Waals surface area contributed by atoms with E-state index in [1.807, 2.05) is 11.4 Å². The van der Waals surface area contributed by atoms with E-state index in [2.05, 4.69) is 5.32 Å². The Morgan fingerprint density at radius 3 is 3.08 bits per heavy atom. The lowest BCUT2D eigenvalue weighted by Crippen LogP contribution is -2.19. The molecular formula is C8H9NO2S. The van der Waals surface area contributed by atoms with Gasteiger partial charge in [-0.25, -0.2) is 0 Å². The van der Waals surface area contributed by atoms with Crippen molar-refractivity contribution in [3.63, 3.8) is 0 Å². The van der Waals surface area contributed by atoms with Crippen molar-refractivity contribution in [2.24, 2.45) is 0 Å². The molecule has 0 saturated heterocycles. The minimum Gasteiger partial charge on any atom is -0.352 e. The molecule has 0 fully saturated rings. The van der Waals surface area contributed by atoms with E-state index in [9.17, 15) is 9.59 Å². The summed E-state index contributed by atoms with van der Waals surface area (Å²) in [4.78, 5) is 21.7. The maximum atomic E-state index is 10.5. The molecule has 1 rings (SSSR count). The predicted molar refractivity (Wildman–Crippen MR) is 47.2 cm³/mol. The minimum absolute atomic E-state index is 0.0851. The summed E-state index contributed by atoms with van der Waals surface area (Å²) in [7, 11) is 0. The summed E-state index contributed by atoms with van der Waals surface area (Å²) in [6.07, 6.45) is 0.807. The zero-order chi connectivity index (χ0) is 8.97. The number of aldehydes is 1. The molecule has 1 aromatic rings. The molecule has 64 valence electrons. The number of carbonyl (C=O) groups is 2. The van der Waals surface area contributed by atoms with Gasteiger partial charge in [0.05, 0.1) is 4.88 Å². The van der Waals surface area contributed by atoms with Gasteiger partial charge in [0.2, 0.25) is 5.91 Å². The molecule has 0 atom stereocenters. The molecule has 4 heteroatoms. The van der Waals surface area contributed by atoms with E-state index in [-0.39, 0.29) is 5.91 Å². The number of hydrogen-bond donors (Lipinski definition) is 1. The van der Waals surface area contributed by atoms with E-state index in [4.69, 9.17) is 0 Å². The zero-order valence-electron chi connectivity index (χ0n) is 6.66. The zero-order valence-corrected chi connectivity index (χ0v) is 7.48. The Morgan fingerprint density at radius 2 is 2.50 bits per heavy atom. The molecule has 0 spiro atoms. The standard InChI is InChI=1S/C8H9NO2S/c1-6(11)9-4-7-2-3-12-8(7)5-10/h2-3,5H,4H2,1H3,(H,9,11). The summed E-state index contributed by atoms with van der Waals surface area (Å²) in [6.45, 7) is 1.89. The fourth-order valence-electron chi connectivity index (χ4n) is 0.816. The van der Waals surface area contributed by atoms with Gasteiger partial charge in [0.15, 0.2) is 6.29 Å². The van der Waals surface area contributed by atoms with Gasteiger partial charge in [0.1, 0.15) is 0 Å². The highest BCUT2D eigenvalue weighted by Crippen LogP contribution is 2.13. The number of rotatable bonds is 3. The number of carbonyl (C=O) groups excluding carboxylic acids is 2. The van der Waals surface area contributed by atoms with Crippen molar-refractivity contribution < 1.29 is 9.59 Å². The van der Waals surface area contributed by atoms with Gasteiger partial charge in [-0.1, -0.05) is 0 Å². The van der Waals surface area contributed by atoms with Crippen LogP contribution in [0, 0.1) is 0 Å². The average molecular weight is 183 g/mol. The van der Waals surface area contributed by atoms with Gasteiger partial charge in [0.25, 0.3) is 0 Å². The lowest BCUT2D eigenvalue weighted by atomic mass is 10.2. The summed E-state index contributed by atoms with van der Waals surface area (Å²) in [5, 5.41) is 4.47. The summed E-state index contributed by atoms with van der Waals surface area (Å²) in [6, 6.07) is 1.84. The van der Waals surface area contributed by atoms with Crippen molar-refractivity contribution in [1.29, 1.82) is 0 Å². The monoisotopic (exact) mass is 183 g/mol. The predicted octanol–water partition coefficient (Wildman–Crippen LogP) is 1.20. The van der Waals surface area contributed by atoms with Crippen LogP contribution in [0.1, 0.15) is 22.2 Å². The largest absolute Gasteiger partial charge is 0.352 e. The Bertz CT molecular complexity index is 293. The maximum absolute atomic E-state index is 10.5. The summed E-state index contributed by atoms with van der Waals surface area (Å²) in [5.41, 5.74) is 0.880. The second-order valence-corrected chi connectivity index (χ2v) is 3.29. The Morgan fingerprint density at radius 1 is 1.75 bits per heavy atom. The number of amides is 1. The third kappa shape index (κ3) is 2.17. The normalized spacial score (nSPS) is 9.42. The molecule has 0 aliphatic rings. The highest BCUT2D eigenvalue weighted by molar-refractivity contribution is 7.11. The number of thiophene rings is 1. The van der Waals surface area contributed by atoms with E-state index < -0.39 is 0 Å². The van der Waals surface area contributed by atoms with E-state index in [0.717, 1.165) is 11.8 Å². The number of nitrogens with one attached hydrogen (secondary N) is 1. The van der Waals surface area contributed by atoms with Crippen molar-refractivity contribution in [3.8, 4) is 0 Å². The van der Waals surface area contributed by atoms with Crippen molar-refractivity contribution >= 4 is 23.5 Å². The van der Waals surface area contributed by atoms with E-state index in [0.29, 0.717) is 11.4 Å². The van der Waals surface area contributed by atoms with Crippen molar-refractivity contribution in [2.75, 3.05) is 0 Å². The van der Waals surface area contributed by atoms with Crippen molar-refractivity contribution in [2.45, 2.75) is 13.5 Å². The van der Waals surface area contributed by atoms with Crippen LogP contribution in [0.25, 0.3) is 0 Å². The fourth-order valence-corrected chi connectivity index (χ4v) is 1.54. The third-order valence-electron chi connectivity index (χ3n) is 1.42. The fraction of sp³-hybridized carbons (Fsp3) is 0.250. The van der Waals surface area contributed by atoms with Crippen LogP contribution >= 0.6 is 11.3 Å². The first-order valence-electron chi connectivity index (χ1n) is 3.50. The van der Waals surface area contributed by atoms with Gasteiger partial charge in [-0.05, 0) is 17.0 Å². The molecular weight excluding hydrogens is 174 g/mol. The van der Waals surface area contributed by atoms with Crippen LogP contribution in [-0.4, -0.2) is 12.2 Å². The first-order chi connectivity index (χ1) is 5.74. The average Bonchev–Trinajstić information content (AvgIpc) is 2.47. The van der Waals surface area contributed by atoms with Gasteiger partial charge >= 0.3 is 0 Å². The molecule has 1 amide bonds. The van der Waals surface area contributed by atoms with E-state index in [1.165, 1.54) is 18.3 Å². The van der Waals surface area contributed by atoms with Gasteiger partial charge in [-0.15, -0.1) is 11.3 Å². The van der Waals surface area contributed by atoms with Crippen LogP contribution in [0.4, 0.5) is 0 Å². The van der Waals surface area contributed by atoms with Crippen LogP contribution in [-0.2, 0) is 11.3 Å². The summed E-state index contributed by atoms with van der Waals surface area (Å²) < 4.78 is 0. The minimum atomic E-state index is -0.0851. The van der Waals surface area contributed by atoms with Crippen molar-refractivity contribution in [3.05, 3.63) is 21.9 Å². The Balaban J connectivity index is 2.62. The van der Waals surface area contributed by atoms with Crippen LogP contribution < -0.4 is 5.32 Å². The summed E-state index contributed by atoms with van der Waals surface area (Å²) >= 11 is 1.38. The molecule has 0 saturated carbocycles. The van der Waals surface area contributed by atoms with Gasteiger partial charge in [-0.2, -0.15) is 0 Å². The Labute approximate surface area is 74.4 Å². The summed E-state index contributed by atoms with van der Waals surface area (Å²) in [5.74, 6) is -0.0851. The first-order valence-corrected chi connectivity index (χ1v) is 4.38. The second kappa shape index (κ2) is 4.01. The molecule has 1 N–H and O–H groups in total. The maximum Gasteiger partial charge on any atom is 0.217 e. The molecule has 0 aliphatic carbocycles. The van der Waals surface area contributed by atoms with Crippen LogP contribution in [0.2, 0.25) is 0 Å². The van der Waals surface area contributed by atoms with Gasteiger partial charge in [-0.3, -0.25) is 9.59 Å². The molecule has 1 heterocycles. The lowest BCUT2D eigenvalue weighted by Gasteiger charge is -1.99. The molecule has 0 aromatic carbocycles. The highest BCUT2D eigenvalue weighted by Gasteiger charge is 2.02. The van der Waals surface area contributed by atoms with Gasteiger partial charge < -0.3 is 5.32 Å². The van der Waals surface area contributed by atoms with Crippen LogP contribution in [0.5, 0.6) is 0 Å². The SMILES string of the molecule is CC(=O)NCc1ccsc1C=O. The molecule has 3 nitrogen and oxygen atoms in total. The molecule has 1 aromatic heterocycles. The quantitative estimate of drug-likeness (QED) is 0.715. The van der Waals surface area contributed by atoms with Crippen LogP contribution in [0.3, 0.4) is 0 Å². The smallest absolute Gasteiger partial charge is 0.217 e. The molecule has 0 radical (unpaired) electrons. The third-order valence-corrected chi connectivity index (χ3v) is 2.30. The van der Waals surface area contributed by atoms with Gasteiger partial charge in [0, 0.05) is 13.5 Å². The number of hydrogen-bond acceptors (Lipinski definition) is 3. The first kappa shape index (κ1) is 8.93. The molecule has 0 bridgehead atoms. The molecule has 0 unspecified atom stereocenters. The van der Waals surface area contributed by atoms with Crippen LogP contribution in [0.15, 0.2) is 11.4 Å². The molecule has 12 heavy (non-hydrogen) atoms. The second-order valence-electron chi connectivity index (χ2n) is 2.34. The Kier molecular flexibility index (Phi) is 2.99. The topological polar surface area (TPSA) is 46.2 Å². The molecule has 0 aliphatic heterocycles. The van der Waals surface area contributed by atoms with E-state index >= 15 is 0 Å². The lowest BCUT2D eigenvalue weighted by molar-refractivity contribution is -0.119. The van der Waals surface area contributed by atoms with E-state index in [1.54, 1.807) is 0 Å². The Hall–Kier alpha value is -1.16.